The van der Waals surface area contributed by atoms with Crippen molar-refractivity contribution < 1.29 is 27.1 Å². The molecular formula is C12H13ClN2O7S. The van der Waals surface area contributed by atoms with Gasteiger partial charge in [0, 0.05) is 12.6 Å². The summed E-state index contributed by atoms with van der Waals surface area (Å²) in [6.45, 7) is 2.03. The molecule has 11 heteroatoms. The number of ether oxygens (including phenoxy) is 1. The first-order valence-corrected chi connectivity index (χ1v) is 8.32. The number of hydrogen-bond acceptors (Lipinski definition) is 7. The Hall–Kier alpha value is -1.91. The third-order valence-electron chi connectivity index (χ3n) is 3.14. The van der Waals surface area contributed by atoms with E-state index >= 15 is 0 Å². The van der Waals surface area contributed by atoms with Gasteiger partial charge in [-0.05, 0) is 19.1 Å². The van der Waals surface area contributed by atoms with Gasteiger partial charge in [-0.3, -0.25) is 14.3 Å². The number of carbonyl (C=O) groups is 1. The molecule has 1 aromatic rings. The van der Waals surface area contributed by atoms with Crippen molar-refractivity contribution in [1.82, 2.24) is 4.90 Å². The van der Waals surface area contributed by atoms with E-state index in [2.05, 4.69) is 0 Å². The fourth-order valence-corrected chi connectivity index (χ4v) is 3.09. The van der Waals surface area contributed by atoms with Gasteiger partial charge in [-0.25, -0.2) is 4.79 Å². The van der Waals surface area contributed by atoms with E-state index in [4.69, 9.17) is 20.5 Å². The quantitative estimate of drug-likeness (QED) is 0.429. The van der Waals surface area contributed by atoms with Gasteiger partial charge in [-0.1, -0.05) is 11.6 Å². The van der Waals surface area contributed by atoms with Gasteiger partial charge in [-0.2, -0.15) is 8.42 Å². The number of carbonyl (C=O) groups excluding carboxylic acids is 1. The summed E-state index contributed by atoms with van der Waals surface area (Å²) in [5.41, 5.74) is -0.541. The Morgan fingerprint density at radius 3 is 2.78 bits per heavy atom. The van der Waals surface area contributed by atoms with E-state index in [9.17, 15) is 23.3 Å². The molecule has 0 spiro atoms. The van der Waals surface area contributed by atoms with E-state index in [0.29, 0.717) is 6.54 Å². The smallest absolute Gasteiger partial charge is 0.410 e. The van der Waals surface area contributed by atoms with Gasteiger partial charge in [0.05, 0.1) is 11.5 Å². The Morgan fingerprint density at radius 2 is 2.22 bits per heavy atom. The van der Waals surface area contributed by atoms with E-state index < -0.39 is 37.8 Å². The van der Waals surface area contributed by atoms with Crippen LogP contribution in [0.25, 0.3) is 0 Å². The van der Waals surface area contributed by atoms with Crippen LogP contribution in [-0.2, 0) is 19.0 Å². The minimum absolute atomic E-state index is 0.183. The molecule has 0 N–H and O–H groups in total. The van der Waals surface area contributed by atoms with Gasteiger partial charge in [0.25, 0.3) is 15.8 Å². The number of nitro groups is 1. The lowest BCUT2D eigenvalue weighted by molar-refractivity contribution is -0.384. The van der Waals surface area contributed by atoms with Crippen molar-refractivity contribution in [3.8, 4) is 0 Å². The molecule has 126 valence electrons. The highest BCUT2D eigenvalue weighted by molar-refractivity contribution is 7.86. The molecule has 9 nitrogen and oxygen atoms in total. The van der Waals surface area contributed by atoms with E-state index in [0.717, 1.165) is 18.2 Å². The summed E-state index contributed by atoms with van der Waals surface area (Å²) in [5, 5.41) is 10.6. The number of halogens is 1. The van der Waals surface area contributed by atoms with E-state index in [1.807, 2.05) is 0 Å². The second-order valence-corrected chi connectivity index (χ2v) is 6.68. The molecule has 1 heterocycles. The van der Waals surface area contributed by atoms with Crippen LogP contribution in [0.4, 0.5) is 10.5 Å². The predicted molar refractivity (Wildman–Crippen MR) is 78.8 cm³/mol. The average Bonchev–Trinajstić information content (AvgIpc) is 2.85. The van der Waals surface area contributed by atoms with Crippen molar-refractivity contribution in [1.29, 1.82) is 0 Å². The number of rotatable bonds is 6. The molecule has 2 rings (SSSR count). The fraction of sp³-hybridized carbons (Fsp3) is 0.417. The number of nitro benzene ring substituents is 1. The highest BCUT2D eigenvalue weighted by Crippen LogP contribution is 2.28. The number of benzene rings is 1. The van der Waals surface area contributed by atoms with Gasteiger partial charge in [0.15, 0.2) is 0 Å². The molecule has 0 saturated carbocycles. The number of likely N-dealkylation sites (N-methyl/N-ethyl adjacent to an activating group) is 1. The zero-order valence-corrected chi connectivity index (χ0v) is 13.5. The molecule has 1 aromatic carbocycles. The molecule has 1 aliphatic heterocycles. The molecule has 0 radical (unpaired) electrons. The van der Waals surface area contributed by atoms with Crippen molar-refractivity contribution in [2.24, 2.45) is 0 Å². The summed E-state index contributed by atoms with van der Waals surface area (Å²) in [7, 11) is -4.24. The molecular weight excluding hydrogens is 352 g/mol. The molecule has 1 atom stereocenters. The number of nitrogens with zero attached hydrogens (tertiary/aromatic N) is 2. The molecule has 1 saturated heterocycles. The standard InChI is InChI=1S/C12H13ClN2O7S/c1-2-14-6-8(22-12(14)16)7-21-23(19,20)9-3-4-10(13)11(5-9)15(17)18/h3-5,8H,2,6-7H2,1H3/t8-/m0/s1. The first kappa shape index (κ1) is 17.4. The van der Waals surface area contributed by atoms with Crippen LogP contribution in [0, 0.1) is 10.1 Å². The highest BCUT2D eigenvalue weighted by Gasteiger charge is 2.32. The third kappa shape index (κ3) is 3.89. The van der Waals surface area contributed by atoms with E-state index in [-0.39, 0.29) is 18.2 Å². The highest BCUT2D eigenvalue weighted by atomic mass is 35.5. The molecule has 1 fully saturated rings. The van der Waals surface area contributed by atoms with Crippen LogP contribution >= 0.6 is 11.6 Å². The van der Waals surface area contributed by atoms with E-state index in [1.165, 1.54) is 4.90 Å². The zero-order valence-electron chi connectivity index (χ0n) is 12.0. The van der Waals surface area contributed by atoms with Gasteiger partial charge in [0.2, 0.25) is 0 Å². The second kappa shape index (κ2) is 6.69. The molecule has 0 aromatic heterocycles. The molecule has 0 unspecified atom stereocenters. The van der Waals surface area contributed by atoms with Gasteiger partial charge >= 0.3 is 6.09 Å². The Kier molecular flexibility index (Phi) is 5.07. The lowest BCUT2D eigenvalue weighted by atomic mass is 10.3. The first-order chi connectivity index (χ1) is 10.7. The van der Waals surface area contributed by atoms with Crippen LogP contribution in [-0.4, -0.2) is 50.1 Å². The molecule has 0 aliphatic carbocycles. The van der Waals surface area contributed by atoms with Crippen molar-refractivity contribution >= 4 is 33.5 Å². The summed E-state index contributed by atoms with van der Waals surface area (Å²) < 4.78 is 33.9. The van der Waals surface area contributed by atoms with Gasteiger partial charge in [-0.15, -0.1) is 0 Å². The topological polar surface area (TPSA) is 116 Å². The molecule has 0 bridgehead atoms. The SMILES string of the molecule is CCN1C[C@@H](COS(=O)(=O)c2ccc(Cl)c([N+](=O)[O-])c2)OC1=O. The van der Waals surface area contributed by atoms with Crippen molar-refractivity contribution in [3.05, 3.63) is 33.3 Å². The maximum Gasteiger partial charge on any atom is 0.410 e. The van der Waals surface area contributed by atoms with Crippen LogP contribution in [0.2, 0.25) is 5.02 Å². The van der Waals surface area contributed by atoms with Crippen LogP contribution < -0.4 is 0 Å². The van der Waals surface area contributed by atoms with Gasteiger partial charge in [0.1, 0.15) is 22.6 Å². The Labute approximate surface area is 137 Å². The summed E-state index contributed by atoms with van der Waals surface area (Å²) in [5.74, 6) is 0. The minimum atomic E-state index is -4.24. The molecule has 1 aliphatic rings. The number of cyclic esters (lactones) is 1. The Balaban J connectivity index is 2.09. The zero-order chi connectivity index (χ0) is 17.2. The molecule has 23 heavy (non-hydrogen) atoms. The minimum Gasteiger partial charge on any atom is -0.442 e. The number of hydrogen-bond donors (Lipinski definition) is 0. The van der Waals surface area contributed by atoms with Crippen LogP contribution in [0.3, 0.4) is 0 Å². The average molecular weight is 365 g/mol. The lowest BCUT2D eigenvalue weighted by Crippen LogP contribution is -2.26. The van der Waals surface area contributed by atoms with Crippen LogP contribution in [0.15, 0.2) is 23.1 Å². The third-order valence-corrected chi connectivity index (χ3v) is 4.74. The Bertz CT molecular complexity index is 737. The fourth-order valence-electron chi connectivity index (χ4n) is 1.94. The first-order valence-electron chi connectivity index (χ1n) is 6.53. The largest absolute Gasteiger partial charge is 0.442 e. The van der Waals surface area contributed by atoms with Crippen molar-refractivity contribution in [2.45, 2.75) is 17.9 Å². The van der Waals surface area contributed by atoms with Crippen molar-refractivity contribution in [2.75, 3.05) is 19.7 Å². The normalized spacial score (nSPS) is 18.1. The van der Waals surface area contributed by atoms with E-state index in [1.54, 1.807) is 6.92 Å². The Morgan fingerprint density at radius 1 is 1.52 bits per heavy atom. The van der Waals surface area contributed by atoms with Gasteiger partial charge < -0.3 is 9.64 Å². The number of amides is 1. The molecule has 1 amide bonds. The van der Waals surface area contributed by atoms with Crippen LogP contribution in [0.5, 0.6) is 0 Å². The summed E-state index contributed by atoms with van der Waals surface area (Å²) in [4.78, 5) is 22.4. The van der Waals surface area contributed by atoms with Crippen LogP contribution in [0.1, 0.15) is 6.92 Å². The maximum absolute atomic E-state index is 12.1. The van der Waals surface area contributed by atoms with Crippen molar-refractivity contribution in [3.63, 3.8) is 0 Å². The summed E-state index contributed by atoms with van der Waals surface area (Å²) in [6.07, 6.45) is -1.26. The lowest BCUT2D eigenvalue weighted by Gasteiger charge is -2.10. The summed E-state index contributed by atoms with van der Waals surface area (Å²) in [6, 6.07) is 3.02. The second-order valence-electron chi connectivity index (χ2n) is 4.65. The summed E-state index contributed by atoms with van der Waals surface area (Å²) >= 11 is 5.63. The predicted octanol–water partition coefficient (Wildman–Crippen LogP) is 1.79. The monoisotopic (exact) mass is 364 g/mol. The maximum atomic E-state index is 12.1.